The van der Waals surface area contributed by atoms with E-state index in [0.29, 0.717) is 16.7 Å². The van der Waals surface area contributed by atoms with Crippen LogP contribution in [0.3, 0.4) is 0 Å². The number of fused-ring (bicyclic) bond motifs is 9. The number of hydrogen-bond donors (Lipinski definition) is 0. The van der Waals surface area contributed by atoms with Crippen molar-refractivity contribution in [2.45, 2.75) is 0 Å². The number of rotatable bonds is 4. The Morgan fingerprint density at radius 3 is 1.23 bits per heavy atom. The molecule has 0 radical (unpaired) electrons. The molecule has 0 atom stereocenters. The Hall–Kier alpha value is -8.37. The predicted octanol–water partition coefficient (Wildman–Crippen LogP) is 12.3. The van der Waals surface area contributed by atoms with Gasteiger partial charge in [-0.05, 0) is 102 Å². The largest absolute Gasteiger partial charge is 0.309 e. The number of hydrogen-bond acceptors (Lipinski definition) is 3. The van der Waals surface area contributed by atoms with E-state index < -0.39 is 0 Å². The van der Waals surface area contributed by atoms with Crippen LogP contribution in [0.1, 0.15) is 16.7 Å². The number of benzene rings is 8. The molecule has 0 N–H and O–H groups in total. The molecule has 0 fully saturated rings. The second kappa shape index (κ2) is 12.3. The summed E-state index contributed by atoms with van der Waals surface area (Å²) in [6.07, 6.45) is 0. The van der Waals surface area contributed by atoms with Crippen molar-refractivity contribution >= 4 is 65.4 Å². The number of aromatic nitrogens is 3. The van der Waals surface area contributed by atoms with Gasteiger partial charge in [-0.1, -0.05) is 78.9 Å². The summed E-state index contributed by atoms with van der Waals surface area (Å²) in [6.45, 7) is 0. The molecule has 0 aliphatic carbocycles. The van der Waals surface area contributed by atoms with Gasteiger partial charge in [0.05, 0.1) is 73.7 Å². The van der Waals surface area contributed by atoms with E-state index in [1.807, 2.05) is 66.7 Å². The van der Waals surface area contributed by atoms with Crippen LogP contribution in [0.4, 0.5) is 0 Å². The summed E-state index contributed by atoms with van der Waals surface area (Å²) in [5.74, 6) is 0. The van der Waals surface area contributed by atoms with E-state index in [4.69, 9.17) is 0 Å². The summed E-state index contributed by atoms with van der Waals surface area (Å²) in [7, 11) is 0. The van der Waals surface area contributed by atoms with Crippen LogP contribution in [-0.4, -0.2) is 13.7 Å². The lowest BCUT2D eigenvalue weighted by molar-refractivity contribution is 1.16. The lowest BCUT2D eigenvalue weighted by Gasteiger charge is -2.14. The van der Waals surface area contributed by atoms with Gasteiger partial charge in [-0.25, -0.2) is 0 Å². The van der Waals surface area contributed by atoms with E-state index in [1.165, 1.54) is 0 Å². The zero-order chi connectivity index (χ0) is 38.2. The van der Waals surface area contributed by atoms with Crippen molar-refractivity contribution in [2.75, 3.05) is 0 Å². The van der Waals surface area contributed by atoms with Crippen LogP contribution >= 0.6 is 0 Å². The van der Waals surface area contributed by atoms with E-state index in [1.54, 1.807) is 0 Å². The minimum atomic E-state index is 0.491. The van der Waals surface area contributed by atoms with Gasteiger partial charge in [-0.3, -0.25) is 0 Å². The highest BCUT2D eigenvalue weighted by atomic mass is 15.0. The molecule has 3 heterocycles. The Balaban J connectivity index is 1.18. The molecule has 0 aliphatic rings. The smallest absolute Gasteiger partial charge is 0.0992 e. The van der Waals surface area contributed by atoms with Crippen molar-refractivity contribution in [1.29, 1.82) is 15.8 Å². The van der Waals surface area contributed by atoms with Gasteiger partial charge in [-0.2, -0.15) is 15.8 Å². The summed E-state index contributed by atoms with van der Waals surface area (Å²) in [5.41, 5.74) is 12.0. The molecule has 57 heavy (non-hydrogen) atoms. The van der Waals surface area contributed by atoms with Crippen molar-refractivity contribution in [3.05, 3.63) is 187 Å². The molecule has 3 aromatic heterocycles. The molecular weight excluding hydrogens is 697 g/mol. The van der Waals surface area contributed by atoms with Gasteiger partial charge in [-0.15, -0.1) is 0 Å². The van der Waals surface area contributed by atoms with Gasteiger partial charge >= 0.3 is 0 Å². The van der Waals surface area contributed by atoms with Crippen LogP contribution in [0, 0.1) is 34.0 Å². The standard InChI is InChI=1S/C51H28N6/c52-29-32-20-21-48-43(26-32)51-49(18-9-19-50(51)57-46-16-7-3-12-41(46)42-13-4-8-17-47(42)57)56(48)38-25-34(31-54)23-36(28-38)35-22-33(30-53)24-37(27-35)55-44-14-5-1-10-39(44)40-11-2-6-15-45(40)55/h1-28H. The van der Waals surface area contributed by atoms with Crippen LogP contribution in [0.25, 0.3) is 93.6 Å². The van der Waals surface area contributed by atoms with Gasteiger partial charge in [0, 0.05) is 43.7 Å². The normalized spacial score (nSPS) is 11.5. The highest BCUT2D eigenvalue weighted by Gasteiger charge is 2.21. The van der Waals surface area contributed by atoms with Crippen molar-refractivity contribution < 1.29 is 0 Å². The fraction of sp³-hybridized carbons (Fsp3) is 0. The van der Waals surface area contributed by atoms with Gasteiger partial charge in [0.25, 0.3) is 0 Å². The molecule has 0 saturated heterocycles. The molecule has 0 spiro atoms. The molecule has 262 valence electrons. The zero-order valence-corrected chi connectivity index (χ0v) is 30.3. The second-order valence-electron chi connectivity index (χ2n) is 14.4. The summed E-state index contributed by atoms with van der Waals surface area (Å²) >= 11 is 0. The maximum Gasteiger partial charge on any atom is 0.0992 e. The van der Waals surface area contributed by atoms with E-state index in [-0.39, 0.29) is 0 Å². The molecule has 0 aliphatic heterocycles. The van der Waals surface area contributed by atoms with E-state index in [9.17, 15) is 15.8 Å². The van der Waals surface area contributed by atoms with Crippen molar-refractivity contribution in [3.8, 4) is 46.4 Å². The monoisotopic (exact) mass is 724 g/mol. The van der Waals surface area contributed by atoms with E-state index >= 15 is 0 Å². The first kappa shape index (κ1) is 32.1. The molecule has 11 aromatic rings. The third-order valence-electron chi connectivity index (χ3n) is 11.2. The third-order valence-corrected chi connectivity index (χ3v) is 11.2. The fourth-order valence-corrected chi connectivity index (χ4v) is 8.91. The summed E-state index contributed by atoms with van der Waals surface area (Å²) < 4.78 is 6.71. The number of nitrogens with zero attached hydrogens (tertiary/aromatic N) is 6. The molecule has 8 aromatic carbocycles. The lowest BCUT2D eigenvalue weighted by atomic mass is 9.99. The molecular formula is C51H28N6. The first-order valence-corrected chi connectivity index (χ1v) is 18.7. The Morgan fingerprint density at radius 1 is 0.316 bits per heavy atom. The van der Waals surface area contributed by atoms with Crippen LogP contribution in [-0.2, 0) is 0 Å². The van der Waals surface area contributed by atoms with Gasteiger partial charge in [0.1, 0.15) is 0 Å². The van der Waals surface area contributed by atoms with Crippen LogP contribution in [0.15, 0.2) is 170 Å². The Labute approximate surface area is 326 Å². The molecule has 0 amide bonds. The first-order valence-electron chi connectivity index (χ1n) is 18.7. The fourth-order valence-electron chi connectivity index (χ4n) is 8.91. The number of para-hydroxylation sites is 4. The second-order valence-corrected chi connectivity index (χ2v) is 14.4. The summed E-state index contributed by atoms with van der Waals surface area (Å²) in [5, 5.41) is 37.4. The summed E-state index contributed by atoms with van der Waals surface area (Å²) in [4.78, 5) is 0. The Morgan fingerprint density at radius 2 is 0.737 bits per heavy atom. The topological polar surface area (TPSA) is 86.2 Å². The first-order chi connectivity index (χ1) is 28.1. The quantitative estimate of drug-likeness (QED) is 0.181. The molecule has 11 rings (SSSR count). The van der Waals surface area contributed by atoms with Gasteiger partial charge in [0.2, 0.25) is 0 Å². The predicted molar refractivity (Wildman–Crippen MR) is 229 cm³/mol. The van der Waals surface area contributed by atoms with Crippen molar-refractivity contribution in [1.82, 2.24) is 13.7 Å². The number of nitriles is 3. The van der Waals surface area contributed by atoms with Gasteiger partial charge in [0.15, 0.2) is 0 Å². The van der Waals surface area contributed by atoms with Crippen LogP contribution in [0.5, 0.6) is 0 Å². The molecule has 0 saturated carbocycles. The van der Waals surface area contributed by atoms with Crippen LogP contribution in [0.2, 0.25) is 0 Å². The van der Waals surface area contributed by atoms with E-state index in [0.717, 1.165) is 93.6 Å². The molecule has 6 heteroatoms. The van der Waals surface area contributed by atoms with E-state index in [2.05, 4.69) is 135 Å². The average Bonchev–Trinajstić information content (AvgIpc) is 3.91. The molecule has 0 bridgehead atoms. The maximum atomic E-state index is 10.5. The summed E-state index contributed by atoms with van der Waals surface area (Å²) in [6, 6.07) is 64.7. The third kappa shape index (κ3) is 4.74. The molecule has 6 nitrogen and oxygen atoms in total. The highest BCUT2D eigenvalue weighted by Crippen LogP contribution is 2.41. The average molecular weight is 725 g/mol. The minimum Gasteiger partial charge on any atom is -0.309 e. The highest BCUT2D eigenvalue weighted by molar-refractivity contribution is 6.17. The minimum absolute atomic E-state index is 0.491. The van der Waals surface area contributed by atoms with Gasteiger partial charge < -0.3 is 13.7 Å². The lowest BCUT2D eigenvalue weighted by Crippen LogP contribution is -1.99. The van der Waals surface area contributed by atoms with Crippen molar-refractivity contribution in [2.24, 2.45) is 0 Å². The molecule has 0 unspecified atom stereocenters. The van der Waals surface area contributed by atoms with Crippen molar-refractivity contribution in [3.63, 3.8) is 0 Å². The zero-order valence-electron chi connectivity index (χ0n) is 30.3. The Kier molecular flexibility index (Phi) is 6.95. The maximum absolute atomic E-state index is 10.5. The Bertz CT molecular complexity index is 3520. The SMILES string of the molecule is N#Cc1cc(-c2cc(C#N)cc(-n3c4ccc(C#N)cc4c4c(-n5c6ccccc6c6ccccc65)cccc43)c2)cc(-n2c3ccccc3c3ccccc32)c1. The van der Waals surface area contributed by atoms with Crippen LogP contribution < -0.4 is 0 Å².